The molecule has 2 aromatic rings. The maximum Gasteiger partial charge on any atom is 0.417 e. The highest BCUT2D eigenvalue weighted by Gasteiger charge is 2.44. The lowest BCUT2D eigenvalue weighted by Crippen LogP contribution is -2.42. The summed E-state index contributed by atoms with van der Waals surface area (Å²) < 4.78 is 5.45. The van der Waals surface area contributed by atoms with E-state index in [9.17, 15) is 9.59 Å². The first-order valence-corrected chi connectivity index (χ1v) is 9.26. The fourth-order valence-corrected chi connectivity index (χ4v) is 3.51. The Morgan fingerprint density at radius 2 is 1.72 bits per heavy atom. The highest BCUT2D eigenvalue weighted by molar-refractivity contribution is 9.10. The summed E-state index contributed by atoms with van der Waals surface area (Å²) in [4.78, 5) is 25.8. The minimum absolute atomic E-state index is 0.244. The maximum absolute atomic E-state index is 12.7. The van der Waals surface area contributed by atoms with Crippen molar-refractivity contribution in [1.29, 1.82) is 0 Å². The molecule has 0 aromatic heterocycles. The molecule has 1 fully saturated rings. The molecule has 1 aliphatic heterocycles. The van der Waals surface area contributed by atoms with Crippen LogP contribution in [0.4, 0.5) is 4.79 Å². The molecular weight excluding hydrogens is 382 g/mol. The third-order valence-corrected chi connectivity index (χ3v) is 5.28. The van der Waals surface area contributed by atoms with E-state index in [4.69, 9.17) is 4.74 Å². The van der Waals surface area contributed by atoms with Gasteiger partial charge in [-0.2, -0.15) is 0 Å². The van der Waals surface area contributed by atoms with Crippen molar-refractivity contribution in [2.45, 2.75) is 36.7 Å². The summed E-state index contributed by atoms with van der Waals surface area (Å²) in [6.07, 6.45) is 0.388. The average molecular weight is 402 g/mol. The number of ether oxygens (including phenoxy) is 1. The molecule has 0 saturated carbocycles. The maximum atomic E-state index is 12.7. The summed E-state index contributed by atoms with van der Waals surface area (Å²) >= 11 is 3.44. The first-order chi connectivity index (χ1) is 12.1. The molecule has 130 valence electrons. The smallest absolute Gasteiger partial charge is 0.417 e. The van der Waals surface area contributed by atoms with Crippen LogP contribution in [-0.2, 0) is 16.0 Å². The fourth-order valence-electron chi connectivity index (χ4n) is 3.06. The van der Waals surface area contributed by atoms with Gasteiger partial charge in [0.25, 0.3) is 0 Å². The van der Waals surface area contributed by atoms with Crippen molar-refractivity contribution in [3.8, 4) is 0 Å². The van der Waals surface area contributed by atoms with E-state index in [0.717, 1.165) is 12.0 Å². The third-order valence-electron chi connectivity index (χ3n) is 4.43. The molecule has 0 unspecified atom stereocenters. The number of hydrogen-bond acceptors (Lipinski definition) is 3. The molecule has 1 saturated heterocycles. The van der Waals surface area contributed by atoms with Gasteiger partial charge in [0, 0.05) is 0 Å². The van der Waals surface area contributed by atoms with Crippen molar-refractivity contribution in [3.05, 3.63) is 71.8 Å². The Morgan fingerprint density at radius 3 is 2.36 bits per heavy atom. The summed E-state index contributed by atoms with van der Waals surface area (Å²) in [5.41, 5.74) is 2.06. The number of halogens is 1. The molecule has 4 nitrogen and oxygen atoms in total. The second-order valence-corrected chi connectivity index (χ2v) is 7.26. The first kappa shape index (κ1) is 17.7. The molecule has 1 aliphatic rings. The van der Waals surface area contributed by atoms with Crippen molar-refractivity contribution in [2.75, 3.05) is 0 Å². The van der Waals surface area contributed by atoms with E-state index < -0.39 is 17.0 Å². The average Bonchev–Trinajstić information content (AvgIpc) is 2.95. The Bertz CT molecular complexity index is 735. The molecule has 0 bridgehead atoms. The number of rotatable bonds is 5. The number of cyclic esters (lactones) is 1. The third kappa shape index (κ3) is 3.93. The lowest BCUT2D eigenvalue weighted by Gasteiger charge is -2.21. The van der Waals surface area contributed by atoms with E-state index in [1.807, 2.05) is 67.6 Å². The van der Waals surface area contributed by atoms with Crippen molar-refractivity contribution in [3.63, 3.8) is 0 Å². The Balaban J connectivity index is 1.66. The zero-order valence-corrected chi connectivity index (χ0v) is 15.6. The highest BCUT2D eigenvalue weighted by Crippen LogP contribution is 2.33. The van der Waals surface area contributed by atoms with Crippen molar-refractivity contribution in [2.24, 2.45) is 0 Å². The number of amides is 2. The molecule has 2 amide bonds. The van der Waals surface area contributed by atoms with E-state index in [0.29, 0.717) is 6.42 Å². The van der Waals surface area contributed by atoms with Crippen molar-refractivity contribution in [1.82, 2.24) is 4.90 Å². The zero-order valence-electron chi connectivity index (χ0n) is 14.0. The molecule has 25 heavy (non-hydrogen) atoms. The topological polar surface area (TPSA) is 46.6 Å². The second-order valence-electron chi connectivity index (χ2n) is 6.16. The summed E-state index contributed by atoms with van der Waals surface area (Å²) in [5.74, 6) is -0.244. The van der Waals surface area contributed by atoms with Crippen LogP contribution in [0.5, 0.6) is 0 Å². The van der Waals surface area contributed by atoms with Gasteiger partial charge in [-0.15, -0.1) is 0 Å². The largest absolute Gasteiger partial charge is 0.439 e. The molecule has 0 spiro atoms. The predicted octanol–water partition coefficient (Wildman–Crippen LogP) is 4.49. The standard InChI is InChI=1S/C20H20BrNO3/c1-14-18(16-10-6-3-7-11-16)25-20(24)22(14)19(23)17(21)13-12-15-8-4-2-5-9-15/h2-11,14,17-18H,12-13H2,1H3/t14-,17-,18-/m1/s1. The number of carbonyl (C=O) groups is 2. The summed E-state index contributed by atoms with van der Waals surface area (Å²) in [6, 6.07) is 19.2. The minimum Gasteiger partial charge on any atom is -0.439 e. The first-order valence-electron chi connectivity index (χ1n) is 8.34. The second kappa shape index (κ2) is 7.83. The predicted molar refractivity (Wildman–Crippen MR) is 99.5 cm³/mol. The van der Waals surface area contributed by atoms with E-state index in [1.54, 1.807) is 0 Å². The molecule has 3 rings (SSSR count). The fraction of sp³-hybridized carbons (Fsp3) is 0.300. The van der Waals surface area contributed by atoms with Gasteiger partial charge in [-0.1, -0.05) is 76.6 Å². The van der Waals surface area contributed by atoms with E-state index in [2.05, 4.69) is 15.9 Å². The van der Waals surface area contributed by atoms with Crippen LogP contribution < -0.4 is 0 Å². The van der Waals surface area contributed by atoms with Gasteiger partial charge in [0.15, 0.2) is 0 Å². The molecule has 5 heteroatoms. The van der Waals surface area contributed by atoms with Gasteiger partial charge in [0.05, 0.1) is 10.9 Å². The molecular formula is C20H20BrNO3. The lowest BCUT2D eigenvalue weighted by molar-refractivity contribution is -0.128. The number of aryl methyl sites for hydroxylation is 1. The molecule has 0 N–H and O–H groups in total. The Labute approximate surface area is 155 Å². The minimum atomic E-state index is -0.574. The Morgan fingerprint density at radius 1 is 1.12 bits per heavy atom. The van der Waals surface area contributed by atoms with Gasteiger partial charge in [-0.3, -0.25) is 4.79 Å². The van der Waals surface area contributed by atoms with Crippen LogP contribution in [0, 0.1) is 0 Å². The zero-order chi connectivity index (χ0) is 17.8. The van der Waals surface area contributed by atoms with Crippen LogP contribution in [0.3, 0.4) is 0 Å². The van der Waals surface area contributed by atoms with Crippen LogP contribution in [0.2, 0.25) is 0 Å². The number of benzene rings is 2. The van der Waals surface area contributed by atoms with Crippen LogP contribution in [0.25, 0.3) is 0 Å². The van der Waals surface area contributed by atoms with Crippen molar-refractivity contribution < 1.29 is 14.3 Å². The quantitative estimate of drug-likeness (QED) is 0.693. The summed E-state index contributed by atoms with van der Waals surface area (Å²) in [7, 11) is 0. The van der Waals surface area contributed by atoms with Crippen LogP contribution in [0.1, 0.15) is 30.6 Å². The summed E-state index contributed by atoms with van der Waals surface area (Å²) in [6.45, 7) is 1.84. The number of imide groups is 1. The Hall–Kier alpha value is -2.14. The van der Waals surface area contributed by atoms with Crippen LogP contribution in [-0.4, -0.2) is 27.8 Å². The van der Waals surface area contributed by atoms with Gasteiger partial charge >= 0.3 is 6.09 Å². The number of nitrogens with zero attached hydrogens (tertiary/aromatic N) is 1. The number of carbonyl (C=O) groups excluding carboxylic acids is 2. The molecule has 0 aliphatic carbocycles. The normalized spacial score (nSPS) is 21.0. The van der Waals surface area contributed by atoms with Gasteiger partial charge < -0.3 is 4.74 Å². The monoisotopic (exact) mass is 401 g/mol. The SMILES string of the molecule is C[C@@H]1[C@H](c2ccccc2)OC(=O)N1C(=O)[C@H](Br)CCc1ccccc1. The molecule has 1 heterocycles. The summed E-state index contributed by atoms with van der Waals surface area (Å²) in [5, 5.41) is 0. The lowest BCUT2D eigenvalue weighted by atomic mass is 10.0. The number of hydrogen-bond donors (Lipinski definition) is 0. The van der Waals surface area contributed by atoms with Gasteiger partial charge in [-0.05, 0) is 30.9 Å². The Kier molecular flexibility index (Phi) is 5.53. The number of alkyl halides is 1. The molecule has 3 atom stereocenters. The van der Waals surface area contributed by atoms with E-state index >= 15 is 0 Å². The van der Waals surface area contributed by atoms with E-state index in [1.165, 1.54) is 10.5 Å². The van der Waals surface area contributed by atoms with Crippen LogP contribution in [0.15, 0.2) is 60.7 Å². The highest BCUT2D eigenvalue weighted by atomic mass is 79.9. The van der Waals surface area contributed by atoms with E-state index in [-0.39, 0.29) is 11.9 Å². The van der Waals surface area contributed by atoms with Crippen molar-refractivity contribution >= 4 is 27.9 Å². The van der Waals surface area contributed by atoms with Gasteiger partial charge in [0.2, 0.25) is 5.91 Å². The van der Waals surface area contributed by atoms with Gasteiger partial charge in [0.1, 0.15) is 6.10 Å². The van der Waals surface area contributed by atoms with Crippen LogP contribution >= 0.6 is 15.9 Å². The molecule has 2 aromatic carbocycles. The molecule has 0 radical (unpaired) electrons. The van der Waals surface area contributed by atoms with Gasteiger partial charge in [-0.25, -0.2) is 9.69 Å².